The third-order valence-corrected chi connectivity index (χ3v) is 2.79. The molecule has 72 valence electrons. The average Bonchev–Trinajstić information content (AvgIpc) is 2.45. The molecule has 4 nitrogen and oxygen atoms in total. The second kappa shape index (κ2) is 2.88. The molecule has 0 saturated carbocycles. The predicted molar refractivity (Wildman–Crippen MR) is 54.9 cm³/mol. The summed E-state index contributed by atoms with van der Waals surface area (Å²) in [6.45, 7) is 0. The molecule has 0 aliphatic carbocycles. The molecule has 2 aromatic rings. The van der Waals surface area contributed by atoms with E-state index in [1.807, 2.05) is 0 Å². The van der Waals surface area contributed by atoms with Crippen molar-refractivity contribution in [2.45, 2.75) is 0 Å². The number of benzene rings is 1. The number of fused-ring (bicyclic) bond motifs is 1. The lowest BCUT2D eigenvalue weighted by molar-refractivity contribution is 0.0696. The summed E-state index contributed by atoms with van der Waals surface area (Å²) in [5.41, 5.74) is 5.61. The van der Waals surface area contributed by atoms with Gasteiger partial charge in [-0.1, -0.05) is 0 Å². The highest BCUT2D eigenvalue weighted by atomic mass is 32.1. The van der Waals surface area contributed by atoms with Crippen LogP contribution in [-0.4, -0.2) is 16.2 Å². The fourth-order valence-electron chi connectivity index (χ4n) is 1.26. The number of phenols is 1. The second-order valence-corrected chi connectivity index (χ2v) is 3.98. The van der Waals surface area contributed by atoms with Crippen LogP contribution in [-0.2, 0) is 0 Å². The molecular formula is C9H7NO3S. The van der Waals surface area contributed by atoms with Gasteiger partial charge in [-0.2, -0.15) is 0 Å². The molecule has 1 aromatic heterocycles. The van der Waals surface area contributed by atoms with Gasteiger partial charge in [-0.3, -0.25) is 0 Å². The molecule has 0 aliphatic heterocycles. The zero-order valence-electron chi connectivity index (χ0n) is 7.02. The molecule has 0 aliphatic rings. The van der Waals surface area contributed by atoms with E-state index in [1.165, 1.54) is 23.5 Å². The van der Waals surface area contributed by atoms with E-state index >= 15 is 0 Å². The maximum Gasteiger partial charge on any atom is 0.335 e. The SMILES string of the molecule is Nc1cc2c(O)cc(C(=O)O)cc2s1. The third kappa shape index (κ3) is 1.27. The Balaban J connectivity index is 2.77. The van der Waals surface area contributed by atoms with E-state index in [-0.39, 0.29) is 11.3 Å². The number of hydrogen-bond donors (Lipinski definition) is 3. The van der Waals surface area contributed by atoms with Crippen molar-refractivity contribution in [3.8, 4) is 5.75 Å². The zero-order chi connectivity index (χ0) is 10.3. The summed E-state index contributed by atoms with van der Waals surface area (Å²) in [6.07, 6.45) is 0. The highest BCUT2D eigenvalue weighted by Gasteiger charge is 2.10. The number of phenolic OH excluding ortho intramolecular Hbond substituents is 1. The Kier molecular flexibility index (Phi) is 1.82. The normalized spacial score (nSPS) is 10.6. The van der Waals surface area contributed by atoms with E-state index in [4.69, 9.17) is 10.8 Å². The first-order valence-corrected chi connectivity index (χ1v) is 4.65. The summed E-state index contributed by atoms with van der Waals surface area (Å²) in [5, 5.41) is 19.4. The molecule has 0 bridgehead atoms. The van der Waals surface area contributed by atoms with Crippen molar-refractivity contribution in [3.05, 3.63) is 23.8 Å². The van der Waals surface area contributed by atoms with Crippen LogP contribution in [0.25, 0.3) is 10.1 Å². The number of rotatable bonds is 1. The van der Waals surface area contributed by atoms with Crippen LogP contribution >= 0.6 is 11.3 Å². The summed E-state index contributed by atoms with van der Waals surface area (Å²) in [6, 6.07) is 4.34. The monoisotopic (exact) mass is 209 g/mol. The molecule has 2 rings (SSSR count). The standard InChI is InChI=1S/C9H7NO3S/c10-8-3-5-6(11)1-4(9(12)13)2-7(5)14-8/h1-3,11H,10H2,(H,12,13). The van der Waals surface area contributed by atoms with E-state index in [2.05, 4.69) is 0 Å². The maximum atomic E-state index is 10.7. The number of carboxylic acid groups (broad SMARTS) is 1. The number of anilines is 1. The largest absolute Gasteiger partial charge is 0.507 e. The molecule has 0 radical (unpaired) electrons. The van der Waals surface area contributed by atoms with Crippen LogP contribution < -0.4 is 5.73 Å². The van der Waals surface area contributed by atoms with Gasteiger partial charge in [0.2, 0.25) is 0 Å². The van der Waals surface area contributed by atoms with Gasteiger partial charge >= 0.3 is 5.97 Å². The zero-order valence-corrected chi connectivity index (χ0v) is 7.84. The van der Waals surface area contributed by atoms with Crippen LogP contribution in [0.15, 0.2) is 18.2 Å². The molecule has 0 fully saturated rings. The van der Waals surface area contributed by atoms with Crippen molar-refractivity contribution in [2.75, 3.05) is 5.73 Å². The van der Waals surface area contributed by atoms with Gasteiger partial charge in [0.05, 0.1) is 10.6 Å². The van der Waals surface area contributed by atoms with Gasteiger partial charge in [-0.15, -0.1) is 11.3 Å². The van der Waals surface area contributed by atoms with Gasteiger partial charge in [0, 0.05) is 10.1 Å². The molecule has 0 unspecified atom stereocenters. The highest BCUT2D eigenvalue weighted by Crippen LogP contribution is 2.34. The van der Waals surface area contributed by atoms with Crippen molar-refractivity contribution in [1.29, 1.82) is 0 Å². The van der Waals surface area contributed by atoms with Crippen LogP contribution in [0.4, 0.5) is 5.00 Å². The van der Waals surface area contributed by atoms with Gasteiger partial charge in [0.15, 0.2) is 0 Å². The Bertz CT molecular complexity index is 518. The number of carboxylic acids is 1. The molecule has 1 heterocycles. The minimum Gasteiger partial charge on any atom is -0.507 e. The summed E-state index contributed by atoms with van der Waals surface area (Å²) in [4.78, 5) is 10.7. The molecule has 0 spiro atoms. The Morgan fingerprint density at radius 1 is 1.36 bits per heavy atom. The van der Waals surface area contributed by atoms with Crippen molar-refractivity contribution < 1.29 is 15.0 Å². The topological polar surface area (TPSA) is 83.5 Å². The number of carbonyl (C=O) groups is 1. The van der Waals surface area contributed by atoms with Gasteiger partial charge in [-0.25, -0.2) is 4.79 Å². The second-order valence-electron chi connectivity index (χ2n) is 2.86. The van der Waals surface area contributed by atoms with Gasteiger partial charge in [-0.05, 0) is 18.2 Å². The lowest BCUT2D eigenvalue weighted by atomic mass is 10.1. The van der Waals surface area contributed by atoms with E-state index in [0.29, 0.717) is 15.1 Å². The quantitative estimate of drug-likeness (QED) is 0.669. The Labute approximate surface area is 83.2 Å². The molecule has 0 atom stereocenters. The van der Waals surface area contributed by atoms with Crippen LogP contribution in [0.3, 0.4) is 0 Å². The number of thiophene rings is 1. The predicted octanol–water partition coefficient (Wildman–Crippen LogP) is 1.89. The molecule has 0 amide bonds. The lowest BCUT2D eigenvalue weighted by Gasteiger charge is -1.97. The Morgan fingerprint density at radius 2 is 2.07 bits per heavy atom. The first-order chi connectivity index (χ1) is 6.58. The van der Waals surface area contributed by atoms with E-state index < -0.39 is 5.97 Å². The first kappa shape index (κ1) is 8.83. The molecule has 1 aromatic carbocycles. The molecule has 0 saturated heterocycles. The number of aromatic carboxylic acids is 1. The molecular weight excluding hydrogens is 202 g/mol. The molecule has 5 heteroatoms. The summed E-state index contributed by atoms with van der Waals surface area (Å²) < 4.78 is 0.680. The molecule has 14 heavy (non-hydrogen) atoms. The van der Waals surface area contributed by atoms with E-state index in [9.17, 15) is 9.90 Å². The van der Waals surface area contributed by atoms with Crippen molar-refractivity contribution >= 4 is 32.4 Å². The third-order valence-electron chi connectivity index (χ3n) is 1.88. The first-order valence-electron chi connectivity index (χ1n) is 3.83. The minimum absolute atomic E-state index is 0.0483. The fraction of sp³-hybridized carbons (Fsp3) is 0. The number of hydrogen-bond acceptors (Lipinski definition) is 4. The van der Waals surface area contributed by atoms with E-state index in [0.717, 1.165) is 0 Å². The average molecular weight is 209 g/mol. The van der Waals surface area contributed by atoms with Crippen LogP contribution in [0.1, 0.15) is 10.4 Å². The highest BCUT2D eigenvalue weighted by molar-refractivity contribution is 7.22. The van der Waals surface area contributed by atoms with Gasteiger partial charge < -0.3 is 15.9 Å². The number of aromatic hydroxyl groups is 1. The van der Waals surface area contributed by atoms with Crippen molar-refractivity contribution in [1.82, 2.24) is 0 Å². The Hall–Kier alpha value is -1.75. The molecule has 4 N–H and O–H groups in total. The van der Waals surface area contributed by atoms with Crippen molar-refractivity contribution in [2.24, 2.45) is 0 Å². The lowest BCUT2D eigenvalue weighted by Crippen LogP contribution is -1.94. The van der Waals surface area contributed by atoms with Crippen LogP contribution in [0, 0.1) is 0 Å². The maximum absolute atomic E-state index is 10.7. The van der Waals surface area contributed by atoms with Crippen molar-refractivity contribution in [3.63, 3.8) is 0 Å². The number of nitrogens with two attached hydrogens (primary N) is 1. The Morgan fingerprint density at radius 3 is 2.71 bits per heavy atom. The summed E-state index contributed by atoms with van der Waals surface area (Å²) >= 11 is 1.25. The van der Waals surface area contributed by atoms with E-state index in [1.54, 1.807) is 6.07 Å². The smallest absolute Gasteiger partial charge is 0.335 e. The summed E-state index contributed by atoms with van der Waals surface area (Å²) in [5.74, 6) is -1.11. The van der Waals surface area contributed by atoms with Gasteiger partial charge in [0.25, 0.3) is 0 Å². The van der Waals surface area contributed by atoms with Crippen LogP contribution in [0.5, 0.6) is 5.75 Å². The summed E-state index contributed by atoms with van der Waals surface area (Å²) in [7, 11) is 0. The number of nitrogen functional groups attached to an aromatic ring is 1. The van der Waals surface area contributed by atoms with Gasteiger partial charge in [0.1, 0.15) is 5.75 Å². The fourth-order valence-corrected chi connectivity index (χ4v) is 2.15. The minimum atomic E-state index is -1.06. The van der Waals surface area contributed by atoms with Crippen LogP contribution in [0.2, 0.25) is 0 Å².